The van der Waals surface area contributed by atoms with Gasteiger partial charge in [0.25, 0.3) is 0 Å². The smallest absolute Gasteiger partial charge is 0.123 e. The monoisotopic (exact) mass is 251 g/mol. The molecule has 18 heavy (non-hydrogen) atoms. The van der Waals surface area contributed by atoms with Crippen LogP contribution >= 0.6 is 0 Å². The Morgan fingerprint density at radius 2 is 2.11 bits per heavy atom. The second kappa shape index (κ2) is 7.81. The first kappa shape index (κ1) is 14.6. The second-order valence-electron chi connectivity index (χ2n) is 4.14. The van der Waals surface area contributed by atoms with Crippen LogP contribution < -0.4 is 5.73 Å². The Balaban J connectivity index is 2.48. The molecular formula is C13H21N3O2. The summed E-state index contributed by atoms with van der Waals surface area (Å²) in [5.41, 5.74) is 7.36. The Labute approximate surface area is 108 Å². The van der Waals surface area contributed by atoms with Crippen molar-refractivity contribution in [1.29, 1.82) is 5.41 Å². The fourth-order valence-electron chi connectivity index (χ4n) is 1.68. The fraction of sp³-hybridized carbons (Fsp3) is 0.462. The number of nitrogens with two attached hydrogens (primary N) is 1. The van der Waals surface area contributed by atoms with E-state index in [1.165, 1.54) is 0 Å². The van der Waals surface area contributed by atoms with E-state index in [0.717, 1.165) is 24.2 Å². The van der Waals surface area contributed by atoms with Gasteiger partial charge in [0.15, 0.2) is 0 Å². The molecule has 0 amide bonds. The predicted molar refractivity (Wildman–Crippen MR) is 71.7 cm³/mol. The first-order valence-electron chi connectivity index (χ1n) is 5.94. The van der Waals surface area contributed by atoms with Crippen molar-refractivity contribution in [1.82, 2.24) is 4.90 Å². The van der Waals surface area contributed by atoms with Crippen LogP contribution in [0.2, 0.25) is 0 Å². The number of rotatable bonds is 8. The van der Waals surface area contributed by atoms with Gasteiger partial charge in [-0.05, 0) is 12.6 Å². The van der Waals surface area contributed by atoms with Gasteiger partial charge in [0, 0.05) is 18.7 Å². The van der Waals surface area contributed by atoms with E-state index in [4.69, 9.17) is 21.0 Å². The molecule has 1 aromatic carbocycles. The number of benzene rings is 1. The third-order valence-electron chi connectivity index (χ3n) is 2.60. The SMILES string of the molecule is CN(CCOCCO)Cc1ccccc1C(=N)N. The first-order chi connectivity index (χ1) is 8.65. The van der Waals surface area contributed by atoms with Crippen LogP contribution in [0.4, 0.5) is 0 Å². The minimum absolute atomic E-state index is 0.0525. The minimum atomic E-state index is 0.0525. The van der Waals surface area contributed by atoms with E-state index in [9.17, 15) is 0 Å². The van der Waals surface area contributed by atoms with E-state index >= 15 is 0 Å². The molecule has 0 saturated carbocycles. The van der Waals surface area contributed by atoms with Gasteiger partial charge in [0.05, 0.1) is 19.8 Å². The molecule has 0 atom stereocenters. The third kappa shape index (κ3) is 4.83. The number of ether oxygens (including phenoxy) is 1. The molecule has 0 heterocycles. The molecule has 5 nitrogen and oxygen atoms in total. The van der Waals surface area contributed by atoms with E-state index in [1.807, 2.05) is 31.3 Å². The summed E-state index contributed by atoms with van der Waals surface area (Å²) >= 11 is 0. The predicted octanol–water partition coefficient (Wildman–Crippen LogP) is 0.411. The Morgan fingerprint density at radius 1 is 1.39 bits per heavy atom. The number of nitrogens with one attached hydrogen (secondary N) is 1. The maximum absolute atomic E-state index is 8.59. The van der Waals surface area contributed by atoms with Gasteiger partial charge >= 0.3 is 0 Å². The maximum Gasteiger partial charge on any atom is 0.123 e. The van der Waals surface area contributed by atoms with Crippen molar-refractivity contribution in [3.63, 3.8) is 0 Å². The Bertz CT molecular complexity index is 382. The maximum atomic E-state index is 8.59. The quantitative estimate of drug-likeness (QED) is 0.355. The number of hydrogen-bond donors (Lipinski definition) is 3. The molecule has 0 aliphatic heterocycles. The van der Waals surface area contributed by atoms with Gasteiger partial charge < -0.3 is 15.6 Å². The van der Waals surface area contributed by atoms with Gasteiger partial charge in [-0.1, -0.05) is 24.3 Å². The van der Waals surface area contributed by atoms with Crippen LogP contribution in [-0.2, 0) is 11.3 Å². The average molecular weight is 251 g/mol. The van der Waals surface area contributed by atoms with Gasteiger partial charge in [-0.2, -0.15) is 0 Å². The molecular weight excluding hydrogens is 230 g/mol. The molecule has 0 saturated heterocycles. The zero-order chi connectivity index (χ0) is 13.4. The van der Waals surface area contributed by atoms with Crippen molar-refractivity contribution < 1.29 is 9.84 Å². The summed E-state index contributed by atoms with van der Waals surface area (Å²) in [7, 11) is 1.99. The third-order valence-corrected chi connectivity index (χ3v) is 2.60. The van der Waals surface area contributed by atoms with Crippen LogP contribution in [0.5, 0.6) is 0 Å². The molecule has 1 rings (SSSR count). The lowest BCUT2D eigenvalue weighted by Gasteiger charge is -2.18. The Morgan fingerprint density at radius 3 is 2.78 bits per heavy atom. The van der Waals surface area contributed by atoms with Crippen molar-refractivity contribution in [3.05, 3.63) is 35.4 Å². The summed E-state index contributed by atoms with van der Waals surface area (Å²) in [4.78, 5) is 2.10. The van der Waals surface area contributed by atoms with Gasteiger partial charge in [-0.3, -0.25) is 10.3 Å². The molecule has 0 aliphatic rings. The number of nitrogen functional groups attached to an aromatic ring is 1. The zero-order valence-electron chi connectivity index (χ0n) is 10.7. The van der Waals surface area contributed by atoms with Crippen molar-refractivity contribution in [2.75, 3.05) is 33.4 Å². The Hall–Kier alpha value is -1.43. The number of amidine groups is 1. The summed E-state index contributed by atoms with van der Waals surface area (Å²) in [6.45, 7) is 2.50. The average Bonchev–Trinajstić information content (AvgIpc) is 2.35. The topological polar surface area (TPSA) is 82.6 Å². The first-order valence-corrected chi connectivity index (χ1v) is 5.94. The molecule has 0 unspecified atom stereocenters. The minimum Gasteiger partial charge on any atom is -0.394 e. The van der Waals surface area contributed by atoms with E-state index in [-0.39, 0.29) is 12.4 Å². The summed E-state index contributed by atoms with van der Waals surface area (Å²) in [5.74, 6) is 0.0931. The van der Waals surface area contributed by atoms with Crippen molar-refractivity contribution in [2.45, 2.75) is 6.54 Å². The number of aliphatic hydroxyl groups excluding tert-OH is 1. The molecule has 1 aromatic rings. The van der Waals surface area contributed by atoms with Crippen LogP contribution in [0, 0.1) is 5.41 Å². The normalized spacial score (nSPS) is 10.8. The number of nitrogens with zero attached hydrogens (tertiary/aromatic N) is 1. The van der Waals surface area contributed by atoms with Crippen molar-refractivity contribution >= 4 is 5.84 Å². The molecule has 0 radical (unpaired) electrons. The molecule has 0 spiro atoms. The number of hydrogen-bond acceptors (Lipinski definition) is 4. The second-order valence-corrected chi connectivity index (χ2v) is 4.14. The highest BCUT2D eigenvalue weighted by atomic mass is 16.5. The lowest BCUT2D eigenvalue weighted by Crippen LogP contribution is -2.25. The highest BCUT2D eigenvalue weighted by Crippen LogP contribution is 2.10. The molecule has 0 bridgehead atoms. The summed E-state index contributed by atoms with van der Waals surface area (Å²) in [6.07, 6.45) is 0. The summed E-state index contributed by atoms with van der Waals surface area (Å²) in [6, 6.07) is 7.65. The van der Waals surface area contributed by atoms with Gasteiger partial charge in [0.2, 0.25) is 0 Å². The lowest BCUT2D eigenvalue weighted by atomic mass is 10.1. The van der Waals surface area contributed by atoms with E-state index in [2.05, 4.69) is 4.90 Å². The van der Waals surface area contributed by atoms with E-state index in [1.54, 1.807) is 0 Å². The molecule has 5 heteroatoms. The number of aliphatic hydroxyl groups is 1. The van der Waals surface area contributed by atoms with Gasteiger partial charge in [-0.15, -0.1) is 0 Å². The standard InChI is InChI=1S/C13H21N3O2/c1-16(6-8-18-9-7-17)10-11-4-2-3-5-12(11)13(14)15/h2-5,17H,6-10H2,1H3,(H3,14,15). The lowest BCUT2D eigenvalue weighted by molar-refractivity contribution is 0.0773. The van der Waals surface area contributed by atoms with Crippen LogP contribution in [0.15, 0.2) is 24.3 Å². The fourth-order valence-corrected chi connectivity index (χ4v) is 1.68. The summed E-state index contributed by atoms with van der Waals surface area (Å²) < 4.78 is 5.21. The van der Waals surface area contributed by atoms with Crippen molar-refractivity contribution in [3.8, 4) is 0 Å². The van der Waals surface area contributed by atoms with E-state index < -0.39 is 0 Å². The molecule has 0 fully saturated rings. The number of likely N-dealkylation sites (N-methyl/N-ethyl adjacent to an activating group) is 1. The van der Waals surface area contributed by atoms with E-state index in [0.29, 0.717) is 13.2 Å². The van der Waals surface area contributed by atoms with Crippen LogP contribution in [0.3, 0.4) is 0 Å². The highest BCUT2D eigenvalue weighted by Gasteiger charge is 2.07. The molecule has 4 N–H and O–H groups in total. The zero-order valence-corrected chi connectivity index (χ0v) is 10.7. The molecule has 0 aromatic heterocycles. The van der Waals surface area contributed by atoms with Crippen molar-refractivity contribution in [2.24, 2.45) is 5.73 Å². The van der Waals surface area contributed by atoms with Crippen LogP contribution in [0.25, 0.3) is 0 Å². The summed E-state index contributed by atoms with van der Waals surface area (Å²) in [5, 5.41) is 16.1. The largest absolute Gasteiger partial charge is 0.394 e. The van der Waals surface area contributed by atoms with Gasteiger partial charge in [0.1, 0.15) is 5.84 Å². The van der Waals surface area contributed by atoms with Gasteiger partial charge in [-0.25, -0.2) is 0 Å². The van der Waals surface area contributed by atoms with Crippen LogP contribution in [-0.4, -0.2) is 49.3 Å². The van der Waals surface area contributed by atoms with Crippen LogP contribution in [0.1, 0.15) is 11.1 Å². The molecule has 0 aliphatic carbocycles. The molecule has 100 valence electrons. The Kier molecular flexibility index (Phi) is 6.35. The highest BCUT2D eigenvalue weighted by molar-refractivity contribution is 5.96.